The van der Waals surface area contributed by atoms with Crippen LogP contribution in [0.3, 0.4) is 0 Å². The Morgan fingerprint density at radius 3 is 2.57 bits per heavy atom. The predicted octanol–water partition coefficient (Wildman–Crippen LogP) is -1.00. The lowest BCUT2D eigenvalue weighted by Crippen LogP contribution is -2.62. The molecule has 0 amide bonds. The van der Waals surface area contributed by atoms with Gasteiger partial charge in [0.05, 0.1) is 12.5 Å². The number of esters is 1. The van der Waals surface area contributed by atoms with Gasteiger partial charge < -0.3 is 59.5 Å². The number of hydrogen-bond acceptors (Lipinski definition) is 15. The number of aliphatic imine (C=N–C) groups is 1. The van der Waals surface area contributed by atoms with Crippen molar-refractivity contribution < 1.29 is 73.0 Å². The number of nitrogens with two attached hydrogens (primary N) is 1. The number of rotatable bonds is 10. The lowest BCUT2D eigenvalue weighted by molar-refractivity contribution is -0.372. The summed E-state index contributed by atoms with van der Waals surface area (Å²) in [6.45, 7) is -0.573. The first-order valence-electron chi connectivity index (χ1n) is 14.1. The number of nitrogens with zero attached hydrogens (tertiary/aromatic N) is 1. The average molecular weight is 650 g/mol. The first-order valence-corrected chi connectivity index (χ1v) is 14.1. The summed E-state index contributed by atoms with van der Waals surface area (Å²) >= 11 is 0. The fourth-order valence-corrected chi connectivity index (χ4v) is 5.38. The number of fused-ring (bicyclic) bond motifs is 6. The molecule has 18 nitrogen and oxygen atoms in total. The van der Waals surface area contributed by atoms with E-state index in [1.54, 1.807) is 24.3 Å². The third-order valence-electron chi connectivity index (χ3n) is 7.60. The standard InChI is InChI=1S/C28H31N3O15/c1-30-28(29)31-44-25-23(36)19(10-39-21(35)7-20(33)34)43-27(37)26(25)46-45-11-2-3-15-13(4-11)24-14(9-38-15)12-5-17-18(6-16(12)42-24)41-22(8-32)40-17/h2-6,14,19,22-27,32,36-37H,7-10H2,1H3,(H,33,34)(H3,29,30,31). The molecule has 6 rings (SSSR count). The number of benzene rings is 2. The van der Waals surface area contributed by atoms with Crippen molar-refractivity contribution >= 4 is 17.9 Å². The zero-order chi connectivity index (χ0) is 32.5. The Hall–Kier alpha value is -4.59. The van der Waals surface area contributed by atoms with E-state index in [-0.39, 0.29) is 24.2 Å². The number of aliphatic hydroxyl groups excluding tert-OH is 3. The highest BCUT2D eigenvalue weighted by molar-refractivity contribution is 5.90. The van der Waals surface area contributed by atoms with Crippen molar-refractivity contribution in [2.24, 2.45) is 10.7 Å². The van der Waals surface area contributed by atoms with Crippen LogP contribution in [0.1, 0.15) is 29.6 Å². The van der Waals surface area contributed by atoms with Crippen LogP contribution in [-0.2, 0) is 28.8 Å². The number of carboxylic acids is 1. The minimum Gasteiger partial charge on any atom is -0.492 e. The molecule has 2 aromatic carbocycles. The molecule has 4 aliphatic heterocycles. The molecule has 18 heteroatoms. The first kappa shape index (κ1) is 31.4. The van der Waals surface area contributed by atoms with Gasteiger partial charge in [0, 0.05) is 24.2 Å². The second kappa shape index (κ2) is 13.0. The van der Waals surface area contributed by atoms with Gasteiger partial charge in [0.2, 0.25) is 5.96 Å². The van der Waals surface area contributed by atoms with Crippen molar-refractivity contribution in [3.8, 4) is 28.7 Å². The quantitative estimate of drug-likeness (QED) is 0.0451. The fourth-order valence-electron chi connectivity index (χ4n) is 5.38. The van der Waals surface area contributed by atoms with E-state index in [1.807, 2.05) is 6.07 Å². The van der Waals surface area contributed by atoms with Gasteiger partial charge in [0.15, 0.2) is 29.6 Å². The number of carbonyl (C=O) groups excluding carboxylic acids is 1. The van der Waals surface area contributed by atoms with E-state index in [0.29, 0.717) is 35.2 Å². The van der Waals surface area contributed by atoms with Gasteiger partial charge in [-0.15, -0.1) is 0 Å². The highest BCUT2D eigenvalue weighted by atomic mass is 17.2. The molecule has 4 aliphatic rings. The maximum Gasteiger partial charge on any atom is 0.317 e. The number of hydroxylamine groups is 1. The summed E-state index contributed by atoms with van der Waals surface area (Å²) in [7, 11) is 1.38. The first-order chi connectivity index (χ1) is 22.1. The van der Waals surface area contributed by atoms with Crippen molar-refractivity contribution in [1.82, 2.24) is 5.48 Å². The Bertz CT molecular complexity index is 1500. The van der Waals surface area contributed by atoms with Crippen LogP contribution in [0.25, 0.3) is 0 Å². The molecule has 8 unspecified atom stereocenters. The van der Waals surface area contributed by atoms with E-state index in [9.17, 15) is 24.9 Å². The van der Waals surface area contributed by atoms with Crippen LogP contribution in [0.15, 0.2) is 35.3 Å². The molecule has 0 spiro atoms. The normalized spacial score (nSPS) is 29.0. The zero-order valence-electron chi connectivity index (χ0n) is 24.1. The number of aliphatic carboxylic acids is 1. The number of hydrogen-bond donors (Lipinski definition) is 6. The highest BCUT2D eigenvalue weighted by Gasteiger charge is 2.49. The third kappa shape index (κ3) is 6.26. The molecule has 0 aliphatic carbocycles. The van der Waals surface area contributed by atoms with Crippen LogP contribution in [0.2, 0.25) is 0 Å². The lowest BCUT2D eigenvalue weighted by Gasteiger charge is -2.40. The molecular formula is C28H31N3O15. The molecular weight excluding hydrogens is 618 g/mol. The van der Waals surface area contributed by atoms with E-state index >= 15 is 0 Å². The van der Waals surface area contributed by atoms with Gasteiger partial charge >= 0.3 is 11.9 Å². The van der Waals surface area contributed by atoms with E-state index < -0.39 is 68.1 Å². The van der Waals surface area contributed by atoms with Crippen LogP contribution in [0.4, 0.5) is 0 Å². The largest absolute Gasteiger partial charge is 0.492 e. The van der Waals surface area contributed by atoms with Gasteiger partial charge in [0.1, 0.15) is 55.5 Å². The summed E-state index contributed by atoms with van der Waals surface area (Å²) < 4.78 is 33.7. The molecule has 0 bridgehead atoms. The Balaban J connectivity index is 1.15. The summed E-state index contributed by atoms with van der Waals surface area (Å²) in [6, 6.07) is 8.37. The van der Waals surface area contributed by atoms with Crippen LogP contribution in [-0.4, -0.2) is 102 Å². The highest BCUT2D eigenvalue weighted by Crippen LogP contribution is 2.55. The van der Waals surface area contributed by atoms with Crippen LogP contribution in [0.5, 0.6) is 28.7 Å². The summed E-state index contributed by atoms with van der Waals surface area (Å²) in [6.07, 6.45) is -9.79. The molecule has 1 fully saturated rings. The number of carbonyl (C=O) groups is 2. The number of nitrogens with one attached hydrogen (secondary N) is 1. The van der Waals surface area contributed by atoms with Crippen LogP contribution in [0, 0.1) is 0 Å². The molecule has 7 N–H and O–H groups in total. The van der Waals surface area contributed by atoms with E-state index in [0.717, 1.165) is 5.56 Å². The Morgan fingerprint density at radius 1 is 1.04 bits per heavy atom. The van der Waals surface area contributed by atoms with Gasteiger partial charge in [-0.25, -0.2) is 5.48 Å². The molecule has 46 heavy (non-hydrogen) atoms. The van der Waals surface area contributed by atoms with Crippen LogP contribution < -0.4 is 35.0 Å². The Kier molecular flexibility index (Phi) is 8.89. The van der Waals surface area contributed by atoms with Crippen LogP contribution >= 0.6 is 0 Å². The molecule has 0 aromatic heterocycles. The number of aliphatic hydroxyl groups is 3. The smallest absolute Gasteiger partial charge is 0.317 e. The number of carboxylic acid groups (broad SMARTS) is 1. The van der Waals surface area contributed by atoms with Crippen molar-refractivity contribution in [3.05, 3.63) is 41.5 Å². The molecule has 248 valence electrons. The predicted molar refractivity (Wildman–Crippen MR) is 148 cm³/mol. The maximum absolute atomic E-state index is 11.7. The van der Waals surface area contributed by atoms with Crippen molar-refractivity contribution in [2.75, 3.05) is 26.9 Å². The molecule has 2 aromatic rings. The van der Waals surface area contributed by atoms with E-state index in [4.69, 9.17) is 53.9 Å². The minimum absolute atomic E-state index is 0.171. The summed E-state index contributed by atoms with van der Waals surface area (Å²) in [5, 5.41) is 39.8. The molecule has 8 atom stereocenters. The third-order valence-corrected chi connectivity index (χ3v) is 7.60. The maximum atomic E-state index is 11.7. The van der Waals surface area contributed by atoms with Crippen molar-refractivity contribution in [3.63, 3.8) is 0 Å². The van der Waals surface area contributed by atoms with Gasteiger partial charge in [-0.2, -0.15) is 4.89 Å². The second-order valence-corrected chi connectivity index (χ2v) is 10.6. The van der Waals surface area contributed by atoms with Crippen molar-refractivity contribution in [2.45, 2.75) is 55.4 Å². The molecule has 0 saturated carbocycles. The SMILES string of the molecule is CN=C(N)NOC1C(O)C(COC(=O)CC(=O)O)OC(O)C1OOc1ccc2c(c1)C1Oc3cc4c(cc3C1CO2)OC(CO)O4. The van der Waals surface area contributed by atoms with Crippen molar-refractivity contribution in [1.29, 1.82) is 0 Å². The lowest BCUT2D eigenvalue weighted by atomic mass is 9.89. The van der Waals surface area contributed by atoms with Gasteiger partial charge in [-0.1, -0.05) is 0 Å². The second-order valence-electron chi connectivity index (χ2n) is 10.6. The van der Waals surface area contributed by atoms with Gasteiger partial charge in [0.25, 0.3) is 6.29 Å². The summed E-state index contributed by atoms with van der Waals surface area (Å²) in [5.41, 5.74) is 9.43. The van der Waals surface area contributed by atoms with E-state index in [1.165, 1.54) is 7.05 Å². The number of ether oxygens (including phenoxy) is 6. The summed E-state index contributed by atoms with van der Waals surface area (Å²) in [5.74, 6) is -0.587. The average Bonchev–Trinajstić information content (AvgIpc) is 3.62. The summed E-state index contributed by atoms with van der Waals surface area (Å²) in [4.78, 5) is 42.6. The minimum atomic E-state index is -1.78. The van der Waals surface area contributed by atoms with Gasteiger partial charge in [-0.3, -0.25) is 19.4 Å². The molecule has 4 heterocycles. The van der Waals surface area contributed by atoms with E-state index in [2.05, 4.69) is 10.5 Å². The fraction of sp³-hybridized carbons (Fsp3) is 0.464. The monoisotopic (exact) mass is 649 g/mol. The zero-order valence-corrected chi connectivity index (χ0v) is 24.1. The Morgan fingerprint density at radius 2 is 1.83 bits per heavy atom. The Labute approximate surface area is 259 Å². The number of guanidine groups is 1. The van der Waals surface area contributed by atoms with Gasteiger partial charge in [-0.05, 0) is 24.3 Å². The molecule has 0 radical (unpaired) electrons. The molecule has 1 saturated heterocycles. The topological polar surface area (TPSA) is 249 Å².